The molecule has 2 saturated heterocycles. The second kappa shape index (κ2) is 5.42. The quantitative estimate of drug-likeness (QED) is 0.805. The Hall–Kier alpha value is -1.40. The molecule has 6 nitrogen and oxygen atoms in total. The Morgan fingerprint density at radius 3 is 2.86 bits per heavy atom. The summed E-state index contributed by atoms with van der Waals surface area (Å²) < 4.78 is 7.60. The number of hydrogen-bond acceptors (Lipinski definition) is 4. The van der Waals surface area contributed by atoms with Crippen molar-refractivity contribution in [3.8, 4) is 0 Å². The molecule has 0 saturated carbocycles. The number of carbonyl (C=O) groups is 1. The molecule has 1 amide bonds. The van der Waals surface area contributed by atoms with E-state index in [1.54, 1.807) is 6.20 Å². The zero-order chi connectivity index (χ0) is 14.2. The molecule has 0 aromatic carbocycles. The fourth-order valence-corrected chi connectivity index (χ4v) is 3.65. The van der Waals surface area contributed by atoms with Crippen LogP contribution in [-0.2, 0) is 17.8 Å². The lowest BCUT2D eigenvalue weighted by Gasteiger charge is -2.32. The number of fused-ring (bicyclic) bond motifs is 1. The monoisotopic (exact) mass is 290 g/mol. The van der Waals surface area contributed by atoms with Gasteiger partial charge < -0.3 is 14.2 Å². The molecule has 21 heavy (non-hydrogen) atoms. The first kappa shape index (κ1) is 13.3. The third-order valence-electron chi connectivity index (χ3n) is 4.93. The fraction of sp³-hybridized carbons (Fsp3) is 0.733. The van der Waals surface area contributed by atoms with Gasteiger partial charge in [-0.05, 0) is 19.3 Å². The summed E-state index contributed by atoms with van der Waals surface area (Å²) in [5, 5.41) is 0. The molecule has 1 aromatic heterocycles. The normalized spacial score (nSPS) is 26.3. The Kier molecular flexibility index (Phi) is 3.43. The van der Waals surface area contributed by atoms with E-state index >= 15 is 0 Å². The van der Waals surface area contributed by atoms with Crippen LogP contribution in [0.5, 0.6) is 0 Å². The zero-order valence-electron chi connectivity index (χ0n) is 12.3. The van der Waals surface area contributed by atoms with Gasteiger partial charge in [0.15, 0.2) is 0 Å². The lowest BCUT2D eigenvalue weighted by molar-refractivity contribution is 0.0772. The Labute approximate surface area is 124 Å². The van der Waals surface area contributed by atoms with E-state index in [4.69, 9.17) is 4.74 Å². The number of carbonyl (C=O) groups excluding carboxylic acids is 1. The van der Waals surface area contributed by atoms with Crippen LogP contribution in [0.4, 0.5) is 0 Å². The van der Waals surface area contributed by atoms with Gasteiger partial charge in [-0.25, -0.2) is 4.98 Å². The Morgan fingerprint density at radius 1 is 1.24 bits per heavy atom. The fourth-order valence-electron chi connectivity index (χ4n) is 3.65. The molecule has 4 heterocycles. The maximum Gasteiger partial charge on any atom is 0.272 e. The number of ether oxygens (including phenoxy) is 1. The summed E-state index contributed by atoms with van der Waals surface area (Å²) in [6.07, 6.45) is 5.13. The average Bonchev–Trinajstić information content (AvgIpc) is 3.25. The number of nitrogens with zero attached hydrogens (tertiary/aromatic N) is 4. The number of aromatic nitrogens is 2. The van der Waals surface area contributed by atoms with E-state index in [0.29, 0.717) is 6.04 Å². The van der Waals surface area contributed by atoms with E-state index < -0.39 is 0 Å². The number of amides is 1. The molecular weight excluding hydrogens is 268 g/mol. The molecule has 1 unspecified atom stereocenters. The van der Waals surface area contributed by atoms with Gasteiger partial charge in [0.1, 0.15) is 11.5 Å². The van der Waals surface area contributed by atoms with Gasteiger partial charge in [0.2, 0.25) is 0 Å². The largest absolute Gasteiger partial charge is 0.380 e. The number of imidazole rings is 1. The number of hydrogen-bond donors (Lipinski definition) is 0. The van der Waals surface area contributed by atoms with Crippen molar-refractivity contribution in [2.24, 2.45) is 0 Å². The van der Waals surface area contributed by atoms with Gasteiger partial charge in [0, 0.05) is 38.8 Å². The zero-order valence-corrected chi connectivity index (χ0v) is 12.3. The summed E-state index contributed by atoms with van der Waals surface area (Å²) in [5.41, 5.74) is 0.772. The lowest BCUT2D eigenvalue weighted by atomic mass is 10.2. The first-order valence-corrected chi connectivity index (χ1v) is 7.98. The van der Waals surface area contributed by atoms with Crippen LogP contribution in [0.1, 0.15) is 35.6 Å². The minimum Gasteiger partial charge on any atom is -0.380 e. The Balaban J connectivity index is 1.51. The second-order valence-corrected chi connectivity index (χ2v) is 6.20. The molecule has 114 valence electrons. The van der Waals surface area contributed by atoms with Crippen LogP contribution in [-0.4, -0.2) is 64.1 Å². The summed E-state index contributed by atoms with van der Waals surface area (Å²) >= 11 is 0. The van der Waals surface area contributed by atoms with Gasteiger partial charge in [-0.3, -0.25) is 9.69 Å². The van der Waals surface area contributed by atoms with Gasteiger partial charge in [-0.1, -0.05) is 0 Å². The smallest absolute Gasteiger partial charge is 0.272 e. The van der Waals surface area contributed by atoms with E-state index in [1.807, 2.05) is 4.90 Å². The Bertz CT molecular complexity index is 530. The highest BCUT2D eigenvalue weighted by atomic mass is 16.5. The first-order chi connectivity index (χ1) is 10.3. The van der Waals surface area contributed by atoms with E-state index in [9.17, 15) is 4.79 Å². The highest BCUT2D eigenvalue weighted by Crippen LogP contribution is 2.22. The maximum absolute atomic E-state index is 12.5. The van der Waals surface area contributed by atoms with E-state index in [1.165, 1.54) is 0 Å². The molecule has 1 atom stereocenters. The van der Waals surface area contributed by atoms with Crippen LogP contribution >= 0.6 is 0 Å². The van der Waals surface area contributed by atoms with Crippen LogP contribution < -0.4 is 0 Å². The molecule has 2 fully saturated rings. The molecule has 3 aliphatic rings. The highest BCUT2D eigenvalue weighted by Gasteiger charge is 2.30. The van der Waals surface area contributed by atoms with E-state index in [-0.39, 0.29) is 5.91 Å². The second-order valence-electron chi connectivity index (χ2n) is 6.20. The third kappa shape index (κ3) is 2.36. The van der Waals surface area contributed by atoms with Gasteiger partial charge in [0.25, 0.3) is 5.91 Å². The molecule has 0 bridgehead atoms. The minimum absolute atomic E-state index is 0.156. The predicted octanol–water partition coefficient (Wildman–Crippen LogP) is 0.724. The summed E-state index contributed by atoms with van der Waals surface area (Å²) in [7, 11) is 0. The molecule has 0 radical (unpaired) electrons. The van der Waals surface area contributed by atoms with Gasteiger partial charge in [-0.2, -0.15) is 0 Å². The van der Waals surface area contributed by atoms with Crippen molar-refractivity contribution < 1.29 is 9.53 Å². The molecule has 3 aliphatic heterocycles. The SMILES string of the molecule is O=C(c1cnc2n1CCN(C1CCOC1)C2)N1CCCC1. The van der Waals surface area contributed by atoms with Crippen molar-refractivity contribution in [1.82, 2.24) is 19.4 Å². The first-order valence-electron chi connectivity index (χ1n) is 7.98. The van der Waals surface area contributed by atoms with E-state index in [2.05, 4.69) is 14.5 Å². The van der Waals surface area contributed by atoms with Crippen LogP contribution in [0.3, 0.4) is 0 Å². The van der Waals surface area contributed by atoms with Crippen molar-refractivity contribution in [2.45, 2.75) is 38.4 Å². The summed E-state index contributed by atoms with van der Waals surface area (Å²) in [6.45, 7) is 6.17. The van der Waals surface area contributed by atoms with E-state index in [0.717, 1.165) is 76.7 Å². The van der Waals surface area contributed by atoms with Crippen molar-refractivity contribution in [1.29, 1.82) is 0 Å². The number of likely N-dealkylation sites (tertiary alicyclic amines) is 1. The van der Waals surface area contributed by atoms with Gasteiger partial charge in [0.05, 0.1) is 19.3 Å². The van der Waals surface area contributed by atoms with Gasteiger partial charge >= 0.3 is 0 Å². The topological polar surface area (TPSA) is 50.6 Å². The van der Waals surface area contributed by atoms with Crippen molar-refractivity contribution >= 4 is 5.91 Å². The van der Waals surface area contributed by atoms with Gasteiger partial charge in [-0.15, -0.1) is 0 Å². The van der Waals surface area contributed by atoms with Crippen LogP contribution in [0.15, 0.2) is 6.20 Å². The Morgan fingerprint density at radius 2 is 2.10 bits per heavy atom. The molecule has 6 heteroatoms. The molecule has 0 spiro atoms. The van der Waals surface area contributed by atoms with Crippen molar-refractivity contribution in [3.63, 3.8) is 0 Å². The summed E-state index contributed by atoms with van der Waals surface area (Å²) in [5.74, 6) is 1.18. The number of rotatable bonds is 2. The molecule has 0 N–H and O–H groups in total. The molecular formula is C15H22N4O2. The molecule has 1 aromatic rings. The van der Waals surface area contributed by atoms with Crippen molar-refractivity contribution in [2.75, 3.05) is 32.8 Å². The molecule has 0 aliphatic carbocycles. The summed E-state index contributed by atoms with van der Waals surface area (Å²) in [6, 6.07) is 0.521. The minimum atomic E-state index is 0.156. The highest BCUT2D eigenvalue weighted by molar-refractivity contribution is 5.92. The van der Waals surface area contributed by atoms with Crippen LogP contribution in [0.2, 0.25) is 0 Å². The summed E-state index contributed by atoms with van der Waals surface area (Å²) in [4.78, 5) is 21.5. The maximum atomic E-state index is 12.5. The standard InChI is InChI=1S/C15H22N4O2/c20-15(17-4-1-2-5-17)13-9-16-14-10-18(6-7-19(13)14)12-3-8-21-11-12/h9,12H,1-8,10-11H2. The molecule has 4 rings (SSSR count). The average molecular weight is 290 g/mol. The predicted molar refractivity (Wildman–Crippen MR) is 77.0 cm³/mol. The lowest BCUT2D eigenvalue weighted by Crippen LogP contribution is -2.42. The van der Waals surface area contributed by atoms with Crippen LogP contribution in [0.25, 0.3) is 0 Å². The third-order valence-corrected chi connectivity index (χ3v) is 4.93. The van der Waals surface area contributed by atoms with Crippen LogP contribution in [0, 0.1) is 0 Å². The van der Waals surface area contributed by atoms with Crippen molar-refractivity contribution in [3.05, 3.63) is 17.7 Å².